The van der Waals surface area contributed by atoms with Crippen LogP contribution in [0.25, 0.3) is 0 Å². The lowest BCUT2D eigenvalue weighted by molar-refractivity contribution is -0.120. The summed E-state index contributed by atoms with van der Waals surface area (Å²) in [6, 6.07) is 4.59. The molecule has 1 saturated heterocycles. The summed E-state index contributed by atoms with van der Waals surface area (Å²) in [5.74, 6) is -0.102. The molecule has 1 aromatic carbocycles. The van der Waals surface area contributed by atoms with Crippen LogP contribution in [0.3, 0.4) is 0 Å². The Kier molecular flexibility index (Phi) is 6.31. The molecule has 2 rings (SSSR count). The monoisotopic (exact) mass is 376 g/mol. The third kappa shape index (κ3) is 4.99. The lowest BCUT2D eigenvalue weighted by atomic mass is 10.2. The molecule has 1 atom stereocenters. The zero-order valence-electron chi connectivity index (χ0n) is 13.6. The van der Waals surface area contributed by atoms with Crippen LogP contribution in [0.15, 0.2) is 18.2 Å². The maximum absolute atomic E-state index is 12.2. The number of carbonyl (C=O) groups is 1. The average molecular weight is 377 g/mol. The lowest BCUT2D eigenvalue weighted by Gasteiger charge is -2.24. The lowest BCUT2D eigenvalue weighted by Crippen LogP contribution is -2.42. The van der Waals surface area contributed by atoms with Crippen molar-refractivity contribution >= 4 is 33.2 Å². The first-order chi connectivity index (χ1) is 11.3. The van der Waals surface area contributed by atoms with Gasteiger partial charge in [0.15, 0.2) is 0 Å². The largest absolute Gasteiger partial charge is 0.495 e. The number of nitrogens with one attached hydrogen (secondary N) is 1. The predicted molar refractivity (Wildman–Crippen MR) is 92.2 cm³/mol. The highest BCUT2D eigenvalue weighted by molar-refractivity contribution is 7.92. The molecule has 0 saturated carbocycles. The second-order valence-electron chi connectivity index (χ2n) is 5.52. The minimum absolute atomic E-state index is 0.0126. The molecule has 1 N–H and O–H groups in total. The van der Waals surface area contributed by atoms with Crippen molar-refractivity contribution in [1.82, 2.24) is 5.32 Å². The van der Waals surface area contributed by atoms with Crippen molar-refractivity contribution in [3.8, 4) is 5.75 Å². The van der Waals surface area contributed by atoms with Gasteiger partial charge in [-0.05, 0) is 31.0 Å². The van der Waals surface area contributed by atoms with Crippen molar-refractivity contribution < 1.29 is 22.7 Å². The van der Waals surface area contributed by atoms with Crippen molar-refractivity contribution in [3.63, 3.8) is 0 Å². The summed E-state index contributed by atoms with van der Waals surface area (Å²) in [4.78, 5) is 12.2. The average Bonchev–Trinajstić information content (AvgIpc) is 3.03. The highest BCUT2D eigenvalue weighted by Gasteiger charge is 2.25. The number of amides is 1. The van der Waals surface area contributed by atoms with Crippen LogP contribution >= 0.6 is 11.6 Å². The van der Waals surface area contributed by atoms with E-state index in [0.29, 0.717) is 23.9 Å². The van der Waals surface area contributed by atoms with Crippen LogP contribution in [0.4, 0.5) is 5.69 Å². The molecule has 7 nitrogen and oxygen atoms in total. The number of benzene rings is 1. The van der Waals surface area contributed by atoms with Gasteiger partial charge in [-0.25, -0.2) is 8.42 Å². The summed E-state index contributed by atoms with van der Waals surface area (Å²) in [5, 5.41) is 3.05. The van der Waals surface area contributed by atoms with Gasteiger partial charge in [0.05, 0.1) is 25.2 Å². The summed E-state index contributed by atoms with van der Waals surface area (Å²) < 4.78 is 35.8. The Labute approximate surface area is 146 Å². The van der Waals surface area contributed by atoms with Crippen molar-refractivity contribution in [3.05, 3.63) is 23.2 Å². The smallest absolute Gasteiger partial charge is 0.240 e. The molecule has 1 aromatic rings. The molecule has 0 aromatic heterocycles. The molecule has 1 heterocycles. The fourth-order valence-electron chi connectivity index (χ4n) is 2.46. The number of anilines is 1. The zero-order valence-corrected chi connectivity index (χ0v) is 15.2. The van der Waals surface area contributed by atoms with Gasteiger partial charge in [-0.3, -0.25) is 9.10 Å². The second-order valence-corrected chi connectivity index (χ2v) is 7.87. The number of nitrogens with zero attached hydrogens (tertiary/aromatic N) is 1. The fourth-order valence-corrected chi connectivity index (χ4v) is 3.48. The van der Waals surface area contributed by atoms with Gasteiger partial charge in [0, 0.05) is 18.2 Å². The molecular weight excluding hydrogens is 356 g/mol. The Bertz CT molecular complexity index is 689. The highest BCUT2D eigenvalue weighted by atomic mass is 35.5. The van der Waals surface area contributed by atoms with Gasteiger partial charge in [0.1, 0.15) is 12.3 Å². The van der Waals surface area contributed by atoms with Crippen molar-refractivity contribution in [1.29, 1.82) is 0 Å². The molecular formula is C15H21ClN2O5S. The van der Waals surface area contributed by atoms with Crippen molar-refractivity contribution in [2.24, 2.45) is 0 Å². The van der Waals surface area contributed by atoms with Crippen LogP contribution in [0.1, 0.15) is 12.8 Å². The molecule has 1 fully saturated rings. The van der Waals surface area contributed by atoms with Gasteiger partial charge in [-0.15, -0.1) is 0 Å². The van der Waals surface area contributed by atoms with Gasteiger partial charge in [0.25, 0.3) is 0 Å². The molecule has 0 radical (unpaired) electrons. The first-order valence-corrected chi connectivity index (χ1v) is 9.73. The molecule has 24 heavy (non-hydrogen) atoms. The molecule has 0 bridgehead atoms. The third-order valence-electron chi connectivity index (χ3n) is 3.65. The van der Waals surface area contributed by atoms with Crippen LogP contribution < -0.4 is 14.4 Å². The third-order valence-corrected chi connectivity index (χ3v) is 5.01. The van der Waals surface area contributed by atoms with E-state index in [1.54, 1.807) is 12.1 Å². The molecule has 1 aliphatic rings. The van der Waals surface area contributed by atoms with E-state index in [4.69, 9.17) is 21.1 Å². The Morgan fingerprint density at radius 1 is 1.50 bits per heavy atom. The summed E-state index contributed by atoms with van der Waals surface area (Å²) in [5.41, 5.74) is 0.222. The van der Waals surface area contributed by atoms with Gasteiger partial charge in [-0.1, -0.05) is 11.6 Å². The van der Waals surface area contributed by atoms with Crippen LogP contribution in [-0.2, 0) is 19.6 Å². The molecule has 1 aliphatic heterocycles. The van der Waals surface area contributed by atoms with E-state index in [1.165, 1.54) is 13.2 Å². The van der Waals surface area contributed by atoms with E-state index in [1.807, 2.05) is 0 Å². The molecule has 9 heteroatoms. The first-order valence-electron chi connectivity index (χ1n) is 7.51. The van der Waals surface area contributed by atoms with Crippen molar-refractivity contribution in [2.75, 3.05) is 37.4 Å². The topological polar surface area (TPSA) is 84.9 Å². The Balaban J connectivity index is 2.14. The summed E-state index contributed by atoms with van der Waals surface area (Å²) in [6.07, 6.45) is 2.87. The number of ether oxygens (including phenoxy) is 2. The number of hydrogen-bond acceptors (Lipinski definition) is 5. The first kappa shape index (κ1) is 18.8. The maximum Gasteiger partial charge on any atom is 0.240 e. The van der Waals surface area contributed by atoms with Gasteiger partial charge >= 0.3 is 0 Å². The Morgan fingerprint density at radius 3 is 2.83 bits per heavy atom. The number of halogens is 1. The van der Waals surface area contributed by atoms with Crippen LogP contribution in [0.5, 0.6) is 5.75 Å². The second kappa shape index (κ2) is 8.04. The molecule has 0 unspecified atom stereocenters. The Morgan fingerprint density at radius 2 is 2.25 bits per heavy atom. The van der Waals surface area contributed by atoms with E-state index in [2.05, 4.69) is 5.32 Å². The molecule has 0 spiro atoms. The maximum atomic E-state index is 12.2. The predicted octanol–water partition coefficient (Wildman–Crippen LogP) is 1.41. The van der Waals surface area contributed by atoms with Crippen LogP contribution in [0.2, 0.25) is 5.02 Å². The van der Waals surface area contributed by atoms with Crippen LogP contribution in [-0.4, -0.2) is 53.5 Å². The van der Waals surface area contributed by atoms with E-state index >= 15 is 0 Å². The van der Waals surface area contributed by atoms with E-state index in [9.17, 15) is 13.2 Å². The minimum Gasteiger partial charge on any atom is -0.495 e. The van der Waals surface area contributed by atoms with Gasteiger partial charge in [0.2, 0.25) is 15.9 Å². The standard InChI is InChI=1S/C15H21ClN2O5S/c1-22-14-6-5-11(16)8-13(14)18(24(2,20)21)10-15(19)17-9-12-4-3-7-23-12/h5-6,8,12H,3-4,7,9-10H2,1-2H3,(H,17,19)/t12-/m0/s1. The highest BCUT2D eigenvalue weighted by Crippen LogP contribution is 2.32. The van der Waals surface area contributed by atoms with E-state index in [0.717, 1.165) is 23.4 Å². The number of hydrogen-bond donors (Lipinski definition) is 1. The van der Waals surface area contributed by atoms with Crippen molar-refractivity contribution in [2.45, 2.75) is 18.9 Å². The summed E-state index contributed by atoms with van der Waals surface area (Å²) in [6.45, 7) is 0.696. The minimum atomic E-state index is -3.70. The normalized spacial score (nSPS) is 17.5. The Hall–Kier alpha value is -1.51. The molecule has 0 aliphatic carbocycles. The molecule has 134 valence electrons. The van der Waals surface area contributed by atoms with Crippen LogP contribution in [0, 0.1) is 0 Å². The number of rotatable bonds is 7. The van der Waals surface area contributed by atoms with E-state index < -0.39 is 15.9 Å². The van der Waals surface area contributed by atoms with E-state index in [-0.39, 0.29) is 18.3 Å². The van der Waals surface area contributed by atoms with Gasteiger partial charge < -0.3 is 14.8 Å². The van der Waals surface area contributed by atoms with Gasteiger partial charge in [-0.2, -0.15) is 0 Å². The number of methoxy groups -OCH3 is 1. The summed E-state index contributed by atoms with van der Waals surface area (Å²) >= 11 is 5.96. The zero-order chi connectivity index (χ0) is 17.7. The quantitative estimate of drug-likeness (QED) is 0.777. The summed E-state index contributed by atoms with van der Waals surface area (Å²) in [7, 11) is -2.28. The number of carbonyl (C=O) groups excluding carboxylic acids is 1. The number of sulfonamides is 1. The fraction of sp³-hybridized carbons (Fsp3) is 0.533. The molecule has 1 amide bonds. The SMILES string of the molecule is COc1ccc(Cl)cc1N(CC(=O)NC[C@@H]1CCCO1)S(C)(=O)=O.